The van der Waals surface area contributed by atoms with Crippen molar-refractivity contribution < 1.29 is 9.47 Å². The van der Waals surface area contributed by atoms with E-state index in [1.807, 2.05) is 19.2 Å². The van der Waals surface area contributed by atoms with Gasteiger partial charge in [0.1, 0.15) is 0 Å². The summed E-state index contributed by atoms with van der Waals surface area (Å²) in [6.07, 6.45) is 0. The number of methoxy groups -OCH3 is 2. The minimum Gasteiger partial charge on any atom is -0.493 e. The molecule has 5 nitrogen and oxygen atoms in total. The molecule has 6 heteroatoms. The second-order valence-corrected chi connectivity index (χ2v) is 7.62. The van der Waals surface area contributed by atoms with Crippen molar-refractivity contribution in [1.82, 2.24) is 10.2 Å². The largest absolute Gasteiger partial charge is 0.493 e. The number of nitrogens with one attached hydrogen (secondary N) is 1. The van der Waals surface area contributed by atoms with Crippen molar-refractivity contribution in [1.29, 1.82) is 0 Å². The summed E-state index contributed by atoms with van der Waals surface area (Å²) in [5, 5.41) is 7.75. The highest BCUT2D eigenvalue weighted by Crippen LogP contribution is 2.32. The van der Waals surface area contributed by atoms with Crippen LogP contribution in [0.2, 0.25) is 0 Å². The van der Waals surface area contributed by atoms with E-state index in [1.54, 1.807) is 25.6 Å². The van der Waals surface area contributed by atoms with Crippen molar-refractivity contribution in [2.75, 3.05) is 34.9 Å². The van der Waals surface area contributed by atoms with E-state index < -0.39 is 0 Å². The van der Waals surface area contributed by atoms with Crippen molar-refractivity contribution in [2.45, 2.75) is 25.8 Å². The Hall–Kier alpha value is -2.21. The lowest BCUT2D eigenvalue weighted by Gasteiger charge is -2.29. The lowest BCUT2D eigenvalue weighted by molar-refractivity contribution is 0.353. The number of nitrogens with zero attached hydrogens (tertiary/aromatic N) is 2. The monoisotopic (exact) mass is 375 g/mol. The maximum absolute atomic E-state index is 5.44. The molecule has 0 spiro atoms. The molecule has 0 unspecified atom stereocenters. The molecule has 0 aliphatic rings. The first-order valence-electron chi connectivity index (χ1n) is 8.56. The summed E-state index contributed by atoms with van der Waals surface area (Å²) in [4.78, 5) is 6.55. The summed E-state index contributed by atoms with van der Waals surface area (Å²) in [5.41, 5.74) is 2.37. The van der Waals surface area contributed by atoms with Crippen LogP contribution in [-0.4, -0.2) is 45.7 Å². The molecular weight excluding hydrogens is 346 g/mol. The van der Waals surface area contributed by atoms with E-state index in [1.165, 1.54) is 11.1 Å². The Balaban J connectivity index is 2.05. The Morgan fingerprint density at radius 2 is 1.92 bits per heavy atom. The SMILES string of the molecule is CN=C(NCC(C)(C)c1ccc(OC)c(OC)c1)N(C)Cc1ccsc1. The van der Waals surface area contributed by atoms with Crippen LogP contribution in [0.5, 0.6) is 11.5 Å². The molecule has 0 bridgehead atoms. The number of hydrogen-bond acceptors (Lipinski definition) is 4. The number of ether oxygens (including phenoxy) is 2. The lowest BCUT2D eigenvalue weighted by Crippen LogP contribution is -2.44. The zero-order valence-corrected chi connectivity index (χ0v) is 17.3. The number of hydrogen-bond donors (Lipinski definition) is 1. The normalized spacial score (nSPS) is 12.0. The molecule has 26 heavy (non-hydrogen) atoms. The first-order valence-corrected chi connectivity index (χ1v) is 9.51. The van der Waals surface area contributed by atoms with Crippen LogP contribution in [0.3, 0.4) is 0 Å². The predicted molar refractivity (Wildman–Crippen MR) is 110 cm³/mol. The first kappa shape index (κ1) is 20.1. The molecule has 0 saturated carbocycles. The molecule has 0 saturated heterocycles. The Bertz CT molecular complexity index is 727. The van der Waals surface area contributed by atoms with Crippen molar-refractivity contribution in [3.8, 4) is 11.5 Å². The van der Waals surface area contributed by atoms with Crippen molar-refractivity contribution >= 4 is 17.3 Å². The topological polar surface area (TPSA) is 46.1 Å². The molecule has 142 valence electrons. The van der Waals surface area contributed by atoms with E-state index in [9.17, 15) is 0 Å². The van der Waals surface area contributed by atoms with Gasteiger partial charge in [0.2, 0.25) is 0 Å². The first-order chi connectivity index (χ1) is 12.4. The molecule has 1 aromatic carbocycles. The van der Waals surface area contributed by atoms with Gasteiger partial charge in [-0.05, 0) is 40.1 Å². The van der Waals surface area contributed by atoms with Crippen LogP contribution in [0, 0.1) is 0 Å². The number of thiophene rings is 1. The van der Waals surface area contributed by atoms with Gasteiger partial charge in [-0.15, -0.1) is 0 Å². The van der Waals surface area contributed by atoms with E-state index in [-0.39, 0.29) is 5.41 Å². The Labute approximate surface area is 160 Å². The van der Waals surface area contributed by atoms with Crippen LogP contribution in [0.15, 0.2) is 40.0 Å². The lowest BCUT2D eigenvalue weighted by atomic mass is 9.84. The predicted octanol–water partition coefficient (Wildman–Crippen LogP) is 3.75. The van der Waals surface area contributed by atoms with Gasteiger partial charge in [0.25, 0.3) is 0 Å². The molecule has 0 aliphatic heterocycles. The number of benzene rings is 1. The fourth-order valence-electron chi connectivity index (χ4n) is 2.78. The second kappa shape index (κ2) is 8.94. The van der Waals surface area contributed by atoms with E-state index in [4.69, 9.17) is 9.47 Å². The molecule has 2 rings (SSSR count). The van der Waals surface area contributed by atoms with Crippen LogP contribution >= 0.6 is 11.3 Å². The highest BCUT2D eigenvalue weighted by molar-refractivity contribution is 7.07. The Morgan fingerprint density at radius 3 is 2.50 bits per heavy atom. The molecule has 1 N–H and O–H groups in total. The molecule has 0 amide bonds. The smallest absolute Gasteiger partial charge is 0.193 e. The zero-order chi connectivity index (χ0) is 19.2. The van der Waals surface area contributed by atoms with E-state index in [0.717, 1.165) is 30.5 Å². The highest BCUT2D eigenvalue weighted by atomic mass is 32.1. The molecule has 2 aromatic rings. The summed E-state index contributed by atoms with van der Waals surface area (Å²) < 4.78 is 10.8. The number of aliphatic imine (C=N–C) groups is 1. The van der Waals surface area contributed by atoms with E-state index in [0.29, 0.717) is 0 Å². The third kappa shape index (κ3) is 4.91. The molecular formula is C20H29N3O2S. The minimum absolute atomic E-state index is 0.0985. The maximum Gasteiger partial charge on any atom is 0.193 e. The van der Waals surface area contributed by atoms with Gasteiger partial charge >= 0.3 is 0 Å². The van der Waals surface area contributed by atoms with Gasteiger partial charge in [-0.2, -0.15) is 11.3 Å². The third-order valence-electron chi connectivity index (χ3n) is 4.43. The molecule has 0 atom stereocenters. The highest BCUT2D eigenvalue weighted by Gasteiger charge is 2.23. The van der Waals surface area contributed by atoms with Gasteiger partial charge < -0.3 is 19.7 Å². The summed E-state index contributed by atoms with van der Waals surface area (Å²) in [7, 11) is 7.18. The van der Waals surface area contributed by atoms with E-state index in [2.05, 4.69) is 59.0 Å². The summed E-state index contributed by atoms with van der Waals surface area (Å²) in [6, 6.07) is 8.22. The molecule has 0 radical (unpaired) electrons. The van der Waals surface area contributed by atoms with Crippen molar-refractivity contribution in [2.24, 2.45) is 4.99 Å². The number of rotatable bonds is 7. The van der Waals surface area contributed by atoms with Crippen LogP contribution in [0.4, 0.5) is 0 Å². The van der Waals surface area contributed by atoms with Crippen LogP contribution in [0.25, 0.3) is 0 Å². The molecule has 0 aliphatic carbocycles. The minimum atomic E-state index is -0.0985. The van der Waals surface area contributed by atoms with Crippen LogP contribution in [0.1, 0.15) is 25.0 Å². The zero-order valence-electron chi connectivity index (χ0n) is 16.5. The molecule has 1 aromatic heterocycles. The second-order valence-electron chi connectivity index (χ2n) is 6.84. The van der Waals surface area contributed by atoms with Crippen LogP contribution < -0.4 is 14.8 Å². The molecule has 0 fully saturated rings. The third-order valence-corrected chi connectivity index (χ3v) is 5.16. The van der Waals surface area contributed by atoms with Crippen LogP contribution in [-0.2, 0) is 12.0 Å². The van der Waals surface area contributed by atoms with Gasteiger partial charge in [-0.3, -0.25) is 4.99 Å². The van der Waals surface area contributed by atoms with Crippen molar-refractivity contribution in [3.05, 3.63) is 46.2 Å². The summed E-state index contributed by atoms with van der Waals surface area (Å²) >= 11 is 1.71. The summed E-state index contributed by atoms with van der Waals surface area (Å²) in [6.45, 7) is 5.99. The van der Waals surface area contributed by atoms with Crippen molar-refractivity contribution in [3.63, 3.8) is 0 Å². The van der Waals surface area contributed by atoms with E-state index >= 15 is 0 Å². The Kier molecular flexibility index (Phi) is 6.91. The maximum atomic E-state index is 5.44. The summed E-state index contributed by atoms with van der Waals surface area (Å²) in [5.74, 6) is 2.37. The average molecular weight is 376 g/mol. The van der Waals surface area contributed by atoms with Gasteiger partial charge in [0.15, 0.2) is 17.5 Å². The quantitative estimate of drug-likeness (QED) is 0.591. The fraction of sp³-hybridized carbons (Fsp3) is 0.450. The van der Waals surface area contributed by atoms with Gasteiger partial charge in [-0.25, -0.2) is 0 Å². The van der Waals surface area contributed by atoms with Gasteiger partial charge in [-0.1, -0.05) is 19.9 Å². The average Bonchev–Trinajstić information content (AvgIpc) is 3.14. The fourth-order valence-corrected chi connectivity index (χ4v) is 3.44. The van der Waals surface area contributed by atoms with Gasteiger partial charge in [0, 0.05) is 32.6 Å². The van der Waals surface area contributed by atoms with Gasteiger partial charge in [0.05, 0.1) is 14.2 Å². The molecule has 1 heterocycles. The number of guanidine groups is 1. The Morgan fingerprint density at radius 1 is 1.19 bits per heavy atom. The standard InChI is InChI=1S/C20H29N3O2S/c1-20(2,16-7-8-17(24-5)18(11-16)25-6)14-22-19(21-3)23(4)12-15-9-10-26-13-15/h7-11,13H,12,14H2,1-6H3,(H,21,22).